The van der Waals surface area contributed by atoms with Gasteiger partial charge in [0.15, 0.2) is 0 Å². The van der Waals surface area contributed by atoms with Gasteiger partial charge in [-0.3, -0.25) is 9.82 Å². The predicted molar refractivity (Wildman–Crippen MR) is 63.8 cm³/mol. The Morgan fingerprint density at radius 1 is 1.41 bits per heavy atom. The largest absolute Gasteiger partial charge is 0.284 e. The average molecular weight is 247 g/mol. The predicted octanol–water partition coefficient (Wildman–Crippen LogP) is 1.19. The van der Waals surface area contributed by atoms with Gasteiger partial charge in [0.25, 0.3) is 10.0 Å². The molecule has 0 unspecified atom stereocenters. The molecule has 0 atom stereocenters. The van der Waals surface area contributed by atoms with Crippen molar-refractivity contribution in [2.24, 2.45) is 0 Å². The number of benzene rings is 1. The number of hydrogen-bond donors (Lipinski definition) is 2. The topological polar surface area (TPSA) is 74.8 Å². The third-order valence-electron chi connectivity index (χ3n) is 2.06. The minimum atomic E-state index is -3.61. The Bertz CT molecular complexity index is 654. The number of rotatable bonds is 3. The second-order valence-corrected chi connectivity index (χ2v) is 4.95. The Kier molecular flexibility index (Phi) is 2.85. The van der Waals surface area contributed by atoms with E-state index >= 15 is 0 Å². The molecule has 5 nitrogen and oxygen atoms in total. The Hall–Kier alpha value is -2.26. The summed E-state index contributed by atoms with van der Waals surface area (Å²) < 4.78 is 26.1. The molecule has 0 amide bonds. The van der Waals surface area contributed by atoms with E-state index in [4.69, 9.17) is 6.42 Å². The highest BCUT2D eigenvalue weighted by Crippen LogP contribution is 2.15. The van der Waals surface area contributed by atoms with Gasteiger partial charge in [0, 0.05) is 11.8 Å². The molecule has 1 aromatic heterocycles. The lowest BCUT2D eigenvalue weighted by Gasteiger charge is -2.05. The van der Waals surface area contributed by atoms with E-state index in [1.54, 1.807) is 24.3 Å². The fourth-order valence-electron chi connectivity index (χ4n) is 1.27. The van der Waals surface area contributed by atoms with Crippen LogP contribution in [0.2, 0.25) is 0 Å². The Morgan fingerprint density at radius 2 is 2.24 bits per heavy atom. The van der Waals surface area contributed by atoms with Crippen LogP contribution in [0.1, 0.15) is 5.56 Å². The maximum absolute atomic E-state index is 11.8. The van der Waals surface area contributed by atoms with Crippen molar-refractivity contribution in [1.29, 1.82) is 0 Å². The van der Waals surface area contributed by atoms with Crippen LogP contribution in [0.3, 0.4) is 0 Å². The van der Waals surface area contributed by atoms with Crippen molar-refractivity contribution < 1.29 is 8.42 Å². The number of terminal acetylenes is 1. The minimum absolute atomic E-state index is 0.0728. The summed E-state index contributed by atoms with van der Waals surface area (Å²) in [7, 11) is -3.61. The van der Waals surface area contributed by atoms with E-state index < -0.39 is 10.0 Å². The average Bonchev–Trinajstić information content (AvgIpc) is 2.83. The number of aromatic nitrogens is 2. The number of anilines is 1. The summed E-state index contributed by atoms with van der Waals surface area (Å²) in [6.45, 7) is 0. The molecule has 2 N–H and O–H groups in total. The van der Waals surface area contributed by atoms with Crippen LogP contribution in [0.4, 0.5) is 5.69 Å². The maximum atomic E-state index is 11.8. The molecule has 0 spiro atoms. The lowest BCUT2D eigenvalue weighted by atomic mass is 10.2. The summed E-state index contributed by atoms with van der Waals surface area (Å²) in [5.74, 6) is 2.43. The highest BCUT2D eigenvalue weighted by Gasteiger charge is 2.14. The Labute approximate surface area is 98.9 Å². The SMILES string of the molecule is C#Cc1cccc(NS(=O)(=O)c2cn[nH]c2)c1. The molecule has 0 aliphatic rings. The first kappa shape index (κ1) is 11.2. The van der Waals surface area contributed by atoms with Crippen LogP contribution in [0.5, 0.6) is 0 Å². The standard InChI is InChI=1S/C11H9N3O2S/c1-2-9-4-3-5-10(6-9)14-17(15,16)11-7-12-13-8-11/h1,3-8,14H,(H,12,13). The monoisotopic (exact) mass is 247 g/mol. The molecule has 2 aromatic rings. The fourth-order valence-corrected chi connectivity index (χ4v) is 2.23. The molecule has 0 radical (unpaired) electrons. The van der Waals surface area contributed by atoms with Crippen molar-refractivity contribution in [3.63, 3.8) is 0 Å². The second kappa shape index (κ2) is 4.31. The van der Waals surface area contributed by atoms with Gasteiger partial charge in [-0.15, -0.1) is 6.42 Å². The number of H-pyrrole nitrogens is 1. The smallest absolute Gasteiger partial charge is 0.265 e. The minimum Gasteiger partial charge on any atom is -0.284 e. The lowest BCUT2D eigenvalue weighted by molar-refractivity contribution is 0.601. The van der Waals surface area contributed by atoms with Crippen LogP contribution in [0.15, 0.2) is 41.6 Å². The highest BCUT2D eigenvalue weighted by atomic mass is 32.2. The summed E-state index contributed by atoms with van der Waals surface area (Å²) in [6, 6.07) is 6.61. The van der Waals surface area contributed by atoms with Gasteiger partial charge in [-0.25, -0.2) is 8.42 Å². The lowest BCUT2D eigenvalue weighted by Crippen LogP contribution is -2.12. The van der Waals surface area contributed by atoms with E-state index in [9.17, 15) is 8.42 Å². The third-order valence-corrected chi connectivity index (χ3v) is 3.41. The van der Waals surface area contributed by atoms with Crippen LogP contribution in [-0.4, -0.2) is 18.6 Å². The van der Waals surface area contributed by atoms with Gasteiger partial charge in [-0.2, -0.15) is 5.10 Å². The van der Waals surface area contributed by atoms with Crippen LogP contribution in [0.25, 0.3) is 0 Å². The van der Waals surface area contributed by atoms with Crippen LogP contribution in [0, 0.1) is 12.3 Å². The third kappa shape index (κ3) is 2.46. The Balaban J connectivity index is 2.30. The van der Waals surface area contributed by atoms with Crippen molar-refractivity contribution in [2.45, 2.75) is 4.90 Å². The molecule has 0 saturated heterocycles. The zero-order chi connectivity index (χ0) is 12.3. The van der Waals surface area contributed by atoms with E-state index in [1.807, 2.05) is 0 Å². The van der Waals surface area contributed by atoms with Gasteiger partial charge in [0.1, 0.15) is 4.90 Å². The summed E-state index contributed by atoms with van der Waals surface area (Å²) in [6.07, 6.45) is 7.76. The highest BCUT2D eigenvalue weighted by molar-refractivity contribution is 7.92. The van der Waals surface area contributed by atoms with E-state index in [-0.39, 0.29) is 4.90 Å². The van der Waals surface area contributed by atoms with Crippen molar-refractivity contribution in [3.05, 3.63) is 42.2 Å². The summed E-state index contributed by atoms with van der Waals surface area (Å²) in [4.78, 5) is 0.0728. The summed E-state index contributed by atoms with van der Waals surface area (Å²) in [5.41, 5.74) is 1.03. The number of nitrogens with zero attached hydrogens (tertiary/aromatic N) is 1. The molecule has 2 rings (SSSR count). The summed E-state index contributed by atoms with van der Waals surface area (Å²) >= 11 is 0. The number of aromatic amines is 1. The fraction of sp³-hybridized carbons (Fsp3) is 0. The number of hydrogen-bond acceptors (Lipinski definition) is 3. The quantitative estimate of drug-likeness (QED) is 0.800. The van der Waals surface area contributed by atoms with Gasteiger partial charge in [-0.1, -0.05) is 12.0 Å². The Morgan fingerprint density at radius 3 is 2.88 bits per heavy atom. The van der Waals surface area contributed by atoms with E-state index in [0.29, 0.717) is 11.3 Å². The van der Waals surface area contributed by atoms with Crippen molar-refractivity contribution in [1.82, 2.24) is 10.2 Å². The van der Waals surface area contributed by atoms with Crippen molar-refractivity contribution >= 4 is 15.7 Å². The molecule has 1 heterocycles. The second-order valence-electron chi connectivity index (χ2n) is 3.26. The molecule has 86 valence electrons. The van der Waals surface area contributed by atoms with Gasteiger partial charge >= 0.3 is 0 Å². The maximum Gasteiger partial charge on any atom is 0.265 e. The molecule has 0 fully saturated rings. The number of sulfonamides is 1. The van der Waals surface area contributed by atoms with E-state index in [2.05, 4.69) is 20.8 Å². The molecule has 1 aromatic carbocycles. The van der Waals surface area contributed by atoms with Crippen molar-refractivity contribution in [2.75, 3.05) is 4.72 Å². The van der Waals surface area contributed by atoms with Gasteiger partial charge in [0.05, 0.1) is 11.9 Å². The first-order chi connectivity index (χ1) is 8.12. The molecule has 0 aliphatic carbocycles. The van der Waals surface area contributed by atoms with Crippen molar-refractivity contribution in [3.8, 4) is 12.3 Å². The normalized spacial score (nSPS) is 10.8. The molecular weight excluding hydrogens is 238 g/mol. The zero-order valence-electron chi connectivity index (χ0n) is 8.71. The van der Waals surface area contributed by atoms with Gasteiger partial charge in [-0.05, 0) is 18.2 Å². The molecule has 0 saturated carbocycles. The first-order valence-corrected chi connectivity index (χ1v) is 6.18. The van der Waals surface area contributed by atoms with Gasteiger partial charge < -0.3 is 0 Å². The molecule has 17 heavy (non-hydrogen) atoms. The van der Waals surface area contributed by atoms with Crippen LogP contribution >= 0.6 is 0 Å². The van der Waals surface area contributed by atoms with Crippen LogP contribution in [-0.2, 0) is 10.0 Å². The molecular formula is C11H9N3O2S. The molecule has 0 aliphatic heterocycles. The molecule has 6 heteroatoms. The number of nitrogens with one attached hydrogen (secondary N) is 2. The van der Waals surface area contributed by atoms with E-state index in [0.717, 1.165) is 0 Å². The van der Waals surface area contributed by atoms with Crippen LogP contribution < -0.4 is 4.72 Å². The molecule has 0 bridgehead atoms. The van der Waals surface area contributed by atoms with Gasteiger partial charge in [0.2, 0.25) is 0 Å². The summed E-state index contributed by atoms with van der Waals surface area (Å²) in [5, 5.41) is 6.03. The first-order valence-electron chi connectivity index (χ1n) is 4.70. The zero-order valence-corrected chi connectivity index (χ0v) is 9.53. The van der Waals surface area contributed by atoms with E-state index in [1.165, 1.54) is 12.4 Å².